The SMILES string of the molecule is N#CC(C#N)=Cc1ccnn1-c1ncc(C(F)(F)F)cc1Cl. The molecule has 0 spiro atoms. The fraction of sp³-hybridized carbons (Fsp3) is 0.0769. The molecule has 22 heavy (non-hydrogen) atoms. The summed E-state index contributed by atoms with van der Waals surface area (Å²) in [6, 6.07) is 5.53. The summed E-state index contributed by atoms with van der Waals surface area (Å²) in [4.78, 5) is 3.66. The Kier molecular flexibility index (Phi) is 4.15. The number of alkyl halides is 3. The van der Waals surface area contributed by atoms with Gasteiger partial charge in [-0.2, -0.15) is 28.8 Å². The number of rotatable bonds is 2. The largest absolute Gasteiger partial charge is 0.417 e. The van der Waals surface area contributed by atoms with Crippen LogP contribution in [0.2, 0.25) is 5.02 Å². The van der Waals surface area contributed by atoms with Crippen LogP contribution in [0.1, 0.15) is 11.3 Å². The summed E-state index contributed by atoms with van der Waals surface area (Å²) in [5, 5.41) is 21.1. The molecule has 0 fully saturated rings. The smallest absolute Gasteiger partial charge is 0.235 e. The highest BCUT2D eigenvalue weighted by atomic mass is 35.5. The van der Waals surface area contributed by atoms with Gasteiger partial charge in [-0.25, -0.2) is 9.67 Å². The molecule has 110 valence electrons. The van der Waals surface area contributed by atoms with Crippen LogP contribution in [0.15, 0.2) is 30.1 Å². The minimum absolute atomic E-state index is 0.0406. The van der Waals surface area contributed by atoms with Crippen molar-refractivity contribution in [3.05, 3.63) is 46.4 Å². The molecule has 0 saturated heterocycles. The van der Waals surface area contributed by atoms with Crippen molar-refractivity contribution in [2.75, 3.05) is 0 Å². The van der Waals surface area contributed by atoms with E-state index in [1.54, 1.807) is 12.1 Å². The highest BCUT2D eigenvalue weighted by Gasteiger charge is 2.31. The first-order chi connectivity index (χ1) is 10.4. The number of hydrogen-bond donors (Lipinski definition) is 0. The lowest BCUT2D eigenvalue weighted by Gasteiger charge is -2.10. The Morgan fingerprint density at radius 3 is 2.55 bits per heavy atom. The van der Waals surface area contributed by atoms with Crippen molar-refractivity contribution in [2.24, 2.45) is 0 Å². The van der Waals surface area contributed by atoms with E-state index < -0.39 is 11.7 Å². The predicted octanol–water partition coefficient (Wildman–Crippen LogP) is 3.37. The van der Waals surface area contributed by atoms with Gasteiger partial charge < -0.3 is 0 Å². The van der Waals surface area contributed by atoms with E-state index in [4.69, 9.17) is 22.1 Å². The molecule has 0 aliphatic carbocycles. The number of pyridine rings is 1. The van der Waals surface area contributed by atoms with Gasteiger partial charge in [0.2, 0.25) is 0 Å². The zero-order valence-electron chi connectivity index (χ0n) is 10.6. The van der Waals surface area contributed by atoms with Crippen LogP contribution in [0.4, 0.5) is 13.2 Å². The summed E-state index contributed by atoms with van der Waals surface area (Å²) < 4.78 is 38.9. The zero-order chi connectivity index (χ0) is 16.3. The molecule has 2 aromatic rings. The van der Waals surface area contributed by atoms with Gasteiger partial charge >= 0.3 is 6.18 Å². The molecule has 0 amide bonds. The first kappa shape index (κ1) is 15.5. The van der Waals surface area contributed by atoms with E-state index in [1.165, 1.54) is 18.3 Å². The molecule has 2 rings (SSSR count). The van der Waals surface area contributed by atoms with E-state index in [-0.39, 0.29) is 22.1 Å². The quantitative estimate of drug-likeness (QED) is 0.794. The summed E-state index contributed by atoms with van der Waals surface area (Å²) in [7, 11) is 0. The van der Waals surface area contributed by atoms with E-state index >= 15 is 0 Å². The second-order valence-corrected chi connectivity index (χ2v) is 4.38. The Hall–Kier alpha value is -2.84. The zero-order valence-corrected chi connectivity index (χ0v) is 11.4. The van der Waals surface area contributed by atoms with Crippen molar-refractivity contribution < 1.29 is 13.2 Å². The molecule has 0 radical (unpaired) electrons. The van der Waals surface area contributed by atoms with E-state index in [2.05, 4.69) is 10.1 Å². The van der Waals surface area contributed by atoms with Crippen LogP contribution >= 0.6 is 11.6 Å². The highest BCUT2D eigenvalue weighted by molar-refractivity contribution is 6.32. The molecule has 2 aromatic heterocycles. The fourth-order valence-electron chi connectivity index (χ4n) is 1.58. The van der Waals surface area contributed by atoms with Crippen LogP contribution in [-0.2, 0) is 6.18 Å². The third-order valence-corrected chi connectivity index (χ3v) is 2.83. The lowest BCUT2D eigenvalue weighted by Crippen LogP contribution is -2.09. The monoisotopic (exact) mass is 323 g/mol. The van der Waals surface area contributed by atoms with Crippen LogP contribution in [-0.4, -0.2) is 14.8 Å². The van der Waals surface area contributed by atoms with Gasteiger partial charge in [0.1, 0.15) is 17.7 Å². The number of aromatic nitrogens is 3. The molecule has 0 bridgehead atoms. The molecule has 0 N–H and O–H groups in total. The minimum Gasteiger partial charge on any atom is -0.235 e. The van der Waals surface area contributed by atoms with Crippen LogP contribution in [0.3, 0.4) is 0 Å². The number of nitrogens with zero attached hydrogens (tertiary/aromatic N) is 5. The summed E-state index contributed by atoms with van der Waals surface area (Å²) in [6.07, 6.45) is -1.36. The van der Waals surface area contributed by atoms with Gasteiger partial charge in [0.05, 0.1) is 22.5 Å². The lowest BCUT2D eigenvalue weighted by molar-refractivity contribution is -0.137. The molecule has 5 nitrogen and oxygen atoms in total. The summed E-state index contributed by atoms with van der Waals surface area (Å²) in [6.45, 7) is 0. The molecule has 0 aromatic carbocycles. The topological polar surface area (TPSA) is 78.3 Å². The molecule has 2 heterocycles. The van der Waals surface area contributed by atoms with Crippen LogP contribution in [0.5, 0.6) is 0 Å². The molecular formula is C13H5ClF3N5. The Bertz CT molecular complexity index is 807. The van der Waals surface area contributed by atoms with Crippen molar-refractivity contribution in [2.45, 2.75) is 6.18 Å². The molecule has 0 aliphatic heterocycles. The molecule has 0 aliphatic rings. The summed E-state index contributed by atoms with van der Waals surface area (Å²) in [5.74, 6) is -0.0406. The molecule has 0 unspecified atom stereocenters. The van der Waals surface area contributed by atoms with Crippen molar-refractivity contribution >= 4 is 17.7 Å². The predicted molar refractivity (Wildman–Crippen MR) is 70.6 cm³/mol. The second-order valence-electron chi connectivity index (χ2n) is 3.98. The minimum atomic E-state index is -4.56. The van der Waals surface area contributed by atoms with E-state index in [9.17, 15) is 13.2 Å². The first-order valence-corrected chi connectivity index (χ1v) is 6.03. The van der Waals surface area contributed by atoms with Crippen LogP contribution < -0.4 is 0 Å². The number of allylic oxidation sites excluding steroid dienone is 1. The Morgan fingerprint density at radius 1 is 1.32 bits per heavy atom. The maximum absolute atomic E-state index is 12.6. The van der Waals surface area contributed by atoms with Crippen LogP contribution in [0, 0.1) is 22.7 Å². The number of hydrogen-bond acceptors (Lipinski definition) is 4. The highest BCUT2D eigenvalue weighted by Crippen LogP contribution is 2.32. The average Bonchev–Trinajstić information content (AvgIpc) is 2.91. The molecule has 9 heteroatoms. The van der Waals surface area contributed by atoms with Gasteiger partial charge in [-0.3, -0.25) is 0 Å². The number of halogens is 4. The van der Waals surface area contributed by atoms with Gasteiger partial charge in [-0.1, -0.05) is 11.6 Å². The van der Waals surface area contributed by atoms with Gasteiger partial charge in [-0.05, 0) is 18.2 Å². The molecular weight excluding hydrogens is 319 g/mol. The van der Waals surface area contributed by atoms with Gasteiger partial charge in [0, 0.05) is 6.20 Å². The second kappa shape index (κ2) is 5.88. The van der Waals surface area contributed by atoms with Gasteiger partial charge in [-0.15, -0.1) is 0 Å². The fourth-order valence-corrected chi connectivity index (χ4v) is 1.83. The molecule has 0 atom stereocenters. The van der Waals surface area contributed by atoms with E-state index in [0.717, 1.165) is 10.7 Å². The normalized spacial score (nSPS) is 10.6. The Labute approximate surface area is 127 Å². The van der Waals surface area contributed by atoms with E-state index in [1.807, 2.05) is 0 Å². The summed E-state index contributed by atoms with van der Waals surface area (Å²) >= 11 is 5.83. The first-order valence-electron chi connectivity index (χ1n) is 5.66. The van der Waals surface area contributed by atoms with Crippen molar-refractivity contribution in [3.63, 3.8) is 0 Å². The van der Waals surface area contributed by atoms with Gasteiger partial charge in [0.25, 0.3) is 0 Å². The maximum atomic E-state index is 12.6. The third kappa shape index (κ3) is 3.08. The third-order valence-electron chi connectivity index (χ3n) is 2.55. The standard InChI is InChI=1S/C13H5ClF3N5/c14-11-4-9(13(15,16)17)7-20-12(11)22-10(1-2-21-22)3-8(5-18)6-19/h1-4,7H. The maximum Gasteiger partial charge on any atom is 0.417 e. The molecule has 0 saturated carbocycles. The number of nitriles is 2. The average molecular weight is 324 g/mol. The lowest BCUT2D eigenvalue weighted by atomic mass is 10.2. The Balaban J connectivity index is 2.52. The van der Waals surface area contributed by atoms with Crippen LogP contribution in [0.25, 0.3) is 11.9 Å². The summed E-state index contributed by atoms with van der Waals surface area (Å²) in [5.41, 5.74) is -0.891. The van der Waals surface area contributed by atoms with Gasteiger partial charge in [0.15, 0.2) is 5.82 Å². The van der Waals surface area contributed by atoms with Crippen molar-refractivity contribution in [3.8, 4) is 18.0 Å². The Morgan fingerprint density at radius 2 is 2.00 bits per heavy atom. The van der Waals surface area contributed by atoms with E-state index in [0.29, 0.717) is 6.20 Å². The van der Waals surface area contributed by atoms with Crippen molar-refractivity contribution in [1.29, 1.82) is 10.5 Å². The van der Waals surface area contributed by atoms with Crippen molar-refractivity contribution in [1.82, 2.24) is 14.8 Å².